The Bertz CT molecular complexity index is 188. The van der Waals surface area contributed by atoms with Gasteiger partial charge in [0.15, 0.2) is 0 Å². The molecule has 4 rings (SSSR count). The zero-order chi connectivity index (χ0) is 7.64. The van der Waals surface area contributed by atoms with E-state index >= 15 is 0 Å². The summed E-state index contributed by atoms with van der Waals surface area (Å²) in [6.07, 6.45) is 3.03. The van der Waals surface area contributed by atoms with Crippen LogP contribution in [0.2, 0.25) is 0 Å². The van der Waals surface area contributed by atoms with Crippen LogP contribution < -0.4 is 0 Å². The monoisotopic (exact) mass is 156 g/mol. The Morgan fingerprint density at radius 1 is 1.18 bits per heavy atom. The SMILES string of the molecule is OC1[C@@H]2CC3C[C@H]1CC3(F)C2. The fourth-order valence-electron chi connectivity index (χ4n) is 3.61. The Kier molecular flexibility index (Phi) is 0.951. The van der Waals surface area contributed by atoms with Crippen molar-refractivity contribution in [3.63, 3.8) is 0 Å². The minimum atomic E-state index is -0.853. The predicted octanol–water partition coefficient (Wildman–Crippen LogP) is 1.51. The molecule has 0 saturated heterocycles. The molecule has 1 N–H and O–H groups in total. The van der Waals surface area contributed by atoms with E-state index in [0.717, 1.165) is 12.8 Å². The van der Waals surface area contributed by atoms with Gasteiger partial charge in [0, 0.05) is 0 Å². The van der Waals surface area contributed by atoms with E-state index in [0.29, 0.717) is 30.6 Å². The van der Waals surface area contributed by atoms with Gasteiger partial charge in [-0.2, -0.15) is 0 Å². The van der Waals surface area contributed by atoms with Crippen LogP contribution in [0.25, 0.3) is 0 Å². The van der Waals surface area contributed by atoms with E-state index in [-0.39, 0.29) is 6.10 Å². The van der Waals surface area contributed by atoms with Gasteiger partial charge in [0.2, 0.25) is 0 Å². The number of hydrogen-bond acceptors (Lipinski definition) is 1. The van der Waals surface area contributed by atoms with Gasteiger partial charge in [0.1, 0.15) is 5.67 Å². The van der Waals surface area contributed by atoms with Gasteiger partial charge in [-0.05, 0) is 43.4 Å². The molecule has 4 aliphatic rings. The van der Waals surface area contributed by atoms with E-state index in [1.807, 2.05) is 0 Å². The molecule has 0 spiro atoms. The lowest BCUT2D eigenvalue weighted by Crippen LogP contribution is -2.34. The van der Waals surface area contributed by atoms with E-state index in [9.17, 15) is 9.50 Å². The molecule has 0 aromatic rings. The summed E-state index contributed by atoms with van der Waals surface area (Å²) in [5.41, 5.74) is -0.853. The second-order valence-corrected chi connectivity index (χ2v) is 4.62. The van der Waals surface area contributed by atoms with Crippen LogP contribution in [0, 0.1) is 17.8 Å². The lowest BCUT2D eigenvalue weighted by Gasteiger charge is -2.32. The highest BCUT2D eigenvalue weighted by Gasteiger charge is 2.62. The van der Waals surface area contributed by atoms with Crippen LogP contribution in [0.1, 0.15) is 25.7 Å². The van der Waals surface area contributed by atoms with Crippen molar-refractivity contribution in [3.8, 4) is 0 Å². The number of aliphatic hydroxyl groups is 1. The van der Waals surface area contributed by atoms with Crippen LogP contribution in [0.3, 0.4) is 0 Å². The zero-order valence-corrected chi connectivity index (χ0v) is 6.46. The Labute approximate surface area is 65.6 Å². The molecule has 1 nitrogen and oxygen atoms in total. The summed E-state index contributed by atoms with van der Waals surface area (Å²) in [4.78, 5) is 0. The van der Waals surface area contributed by atoms with E-state index in [1.54, 1.807) is 0 Å². The molecule has 0 radical (unpaired) electrons. The van der Waals surface area contributed by atoms with Gasteiger partial charge in [-0.1, -0.05) is 0 Å². The molecule has 0 aromatic heterocycles. The first kappa shape index (κ1) is 6.41. The maximum Gasteiger partial charge on any atom is 0.114 e. The molecule has 4 aliphatic carbocycles. The summed E-state index contributed by atoms with van der Waals surface area (Å²) in [5.74, 6) is 0.913. The van der Waals surface area contributed by atoms with Crippen molar-refractivity contribution in [2.45, 2.75) is 37.5 Å². The second kappa shape index (κ2) is 1.63. The van der Waals surface area contributed by atoms with Gasteiger partial charge in [-0.3, -0.25) is 0 Å². The Balaban J connectivity index is 2.02. The number of alkyl halides is 1. The molecule has 11 heavy (non-hydrogen) atoms. The average molecular weight is 156 g/mol. The van der Waals surface area contributed by atoms with Crippen LogP contribution in [0.15, 0.2) is 0 Å². The van der Waals surface area contributed by atoms with Gasteiger partial charge < -0.3 is 5.11 Å². The lowest BCUT2D eigenvalue weighted by atomic mass is 9.79. The maximum atomic E-state index is 13.8. The third-order valence-corrected chi connectivity index (χ3v) is 4.08. The molecule has 2 heteroatoms. The minimum Gasteiger partial charge on any atom is -0.393 e. The van der Waals surface area contributed by atoms with Crippen LogP contribution >= 0.6 is 0 Å². The van der Waals surface area contributed by atoms with Gasteiger partial charge in [0.05, 0.1) is 6.10 Å². The molecule has 4 saturated carbocycles. The van der Waals surface area contributed by atoms with Gasteiger partial charge >= 0.3 is 0 Å². The van der Waals surface area contributed by atoms with E-state index in [2.05, 4.69) is 0 Å². The first-order chi connectivity index (χ1) is 5.19. The smallest absolute Gasteiger partial charge is 0.114 e. The highest BCUT2D eigenvalue weighted by molar-refractivity contribution is 5.11. The molecule has 0 heterocycles. The lowest BCUT2D eigenvalue weighted by molar-refractivity contribution is 0.00217. The standard InChI is InChI=1S/C9H13FO/c10-9-3-5-1-7(9)2-6(4-9)8(5)11/h5-8,11H,1-4H2/t5-,6+,7?,8?,9?. The van der Waals surface area contributed by atoms with Gasteiger partial charge in [0.25, 0.3) is 0 Å². The quantitative estimate of drug-likeness (QED) is 0.563. The molecule has 0 amide bonds. The third kappa shape index (κ3) is 0.605. The summed E-state index contributed by atoms with van der Waals surface area (Å²) in [7, 11) is 0. The van der Waals surface area contributed by atoms with Crippen molar-refractivity contribution in [1.82, 2.24) is 0 Å². The van der Waals surface area contributed by atoms with Crippen molar-refractivity contribution in [1.29, 1.82) is 0 Å². The molecular formula is C9H13FO. The number of hydrogen-bond donors (Lipinski definition) is 1. The van der Waals surface area contributed by atoms with E-state index in [1.165, 1.54) is 0 Å². The Morgan fingerprint density at radius 3 is 2.18 bits per heavy atom. The molecule has 5 atom stereocenters. The molecule has 0 aromatic carbocycles. The normalized spacial score (nSPS) is 66.0. The van der Waals surface area contributed by atoms with Crippen LogP contribution in [0.4, 0.5) is 4.39 Å². The van der Waals surface area contributed by atoms with Crippen LogP contribution in [0.5, 0.6) is 0 Å². The molecule has 3 unspecified atom stereocenters. The Hall–Kier alpha value is -0.110. The number of aliphatic hydroxyl groups excluding tert-OH is 1. The van der Waals surface area contributed by atoms with E-state index in [4.69, 9.17) is 0 Å². The predicted molar refractivity (Wildman–Crippen MR) is 38.8 cm³/mol. The molecule has 62 valence electrons. The topological polar surface area (TPSA) is 20.2 Å². The highest BCUT2D eigenvalue weighted by Crippen LogP contribution is 2.62. The van der Waals surface area contributed by atoms with Crippen molar-refractivity contribution < 1.29 is 9.50 Å². The molecular weight excluding hydrogens is 143 g/mol. The van der Waals surface area contributed by atoms with Gasteiger partial charge in [-0.25, -0.2) is 4.39 Å². The minimum absolute atomic E-state index is 0.169. The fourth-order valence-corrected chi connectivity index (χ4v) is 3.61. The molecule has 0 aliphatic heterocycles. The molecule has 4 fully saturated rings. The largest absolute Gasteiger partial charge is 0.393 e. The van der Waals surface area contributed by atoms with Gasteiger partial charge in [-0.15, -0.1) is 0 Å². The maximum absolute atomic E-state index is 13.8. The van der Waals surface area contributed by atoms with Crippen LogP contribution in [-0.4, -0.2) is 16.9 Å². The Morgan fingerprint density at radius 2 is 1.73 bits per heavy atom. The van der Waals surface area contributed by atoms with Crippen molar-refractivity contribution in [2.24, 2.45) is 17.8 Å². The van der Waals surface area contributed by atoms with Crippen molar-refractivity contribution >= 4 is 0 Å². The number of halogens is 1. The summed E-state index contributed by atoms with van der Waals surface area (Å²) in [5, 5.41) is 9.65. The summed E-state index contributed by atoms with van der Waals surface area (Å²) in [6, 6.07) is 0. The van der Waals surface area contributed by atoms with Crippen molar-refractivity contribution in [2.75, 3.05) is 0 Å². The first-order valence-electron chi connectivity index (χ1n) is 4.56. The van der Waals surface area contributed by atoms with E-state index < -0.39 is 5.67 Å². The number of rotatable bonds is 0. The van der Waals surface area contributed by atoms with Crippen molar-refractivity contribution in [3.05, 3.63) is 0 Å². The molecule has 4 bridgehead atoms. The summed E-state index contributed by atoms with van der Waals surface area (Å²) >= 11 is 0. The summed E-state index contributed by atoms with van der Waals surface area (Å²) in [6.45, 7) is 0. The second-order valence-electron chi connectivity index (χ2n) is 4.62. The third-order valence-electron chi connectivity index (χ3n) is 4.08. The average Bonchev–Trinajstić information content (AvgIpc) is 2.31. The van der Waals surface area contributed by atoms with Crippen LogP contribution in [-0.2, 0) is 0 Å². The zero-order valence-electron chi connectivity index (χ0n) is 6.46. The first-order valence-corrected chi connectivity index (χ1v) is 4.56. The summed E-state index contributed by atoms with van der Waals surface area (Å²) < 4.78 is 13.8. The fraction of sp³-hybridized carbons (Fsp3) is 1.00. The highest BCUT2D eigenvalue weighted by atomic mass is 19.1.